The number of aliphatic carboxylic acids is 1. The predicted octanol–water partition coefficient (Wildman–Crippen LogP) is 2.68. The van der Waals surface area contributed by atoms with Gasteiger partial charge in [-0.1, -0.05) is 32.6 Å². The molecule has 0 aromatic rings. The lowest BCUT2D eigenvalue weighted by Crippen LogP contribution is -1.96. The summed E-state index contributed by atoms with van der Waals surface area (Å²) >= 11 is 0. The summed E-state index contributed by atoms with van der Waals surface area (Å²) in [7, 11) is 0. The Morgan fingerprint density at radius 3 is 2.75 bits per heavy atom. The standard InChI is InChI=1S/C10H18O2/c1-2-3-4-5-8-6-9(8)7-10(11)12/h8-9H,2-7H2,1H3,(H,11,12)/t8-,9-/m0/s1. The number of rotatable bonds is 6. The minimum absolute atomic E-state index is 0.400. The van der Waals surface area contributed by atoms with Gasteiger partial charge in [-0.2, -0.15) is 0 Å². The average molecular weight is 170 g/mol. The highest BCUT2D eigenvalue weighted by Crippen LogP contribution is 2.44. The molecule has 1 N–H and O–H groups in total. The molecule has 2 heteroatoms. The van der Waals surface area contributed by atoms with Crippen LogP contribution in [0.25, 0.3) is 0 Å². The second-order valence-electron chi connectivity index (χ2n) is 3.85. The van der Waals surface area contributed by atoms with E-state index in [-0.39, 0.29) is 0 Å². The van der Waals surface area contributed by atoms with Gasteiger partial charge in [-0.15, -0.1) is 0 Å². The van der Waals surface area contributed by atoms with Crippen LogP contribution in [0, 0.1) is 11.8 Å². The van der Waals surface area contributed by atoms with Crippen molar-refractivity contribution in [2.45, 2.75) is 45.4 Å². The number of carboxylic acids is 1. The quantitative estimate of drug-likeness (QED) is 0.622. The van der Waals surface area contributed by atoms with Crippen molar-refractivity contribution < 1.29 is 9.90 Å². The summed E-state index contributed by atoms with van der Waals surface area (Å²) in [6.07, 6.45) is 6.67. The number of carbonyl (C=O) groups is 1. The third kappa shape index (κ3) is 3.24. The molecule has 12 heavy (non-hydrogen) atoms. The molecule has 0 unspecified atom stereocenters. The van der Waals surface area contributed by atoms with Gasteiger partial charge in [-0.3, -0.25) is 4.79 Å². The highest BCUT2D eigenvalue weighted by molar-refractivity contribution is 5.67. The van der Waals surface area contributed by atoms with E-state index in [1.807, 2.05) is 0 Å². The van der Waals surface area contributed by atoms with Crippen LogP contribution in [0.1, 0.15) is 45.4 Å². The highest BCUT2D eigenvalue weighted by Gasteiger charge is 2.37. The lowest BCUT2D eigenvalue weighted by molar-refractivity contribution is -0.137. The van der Waals surface area contributed by atoms with Gasteiger partial charge in [0.25, 0.3) is 0 Å². The Bertz CT molecular complexity index is 154. The van der Waals surface area contributed by atoms with Crippen LogP contribution in [0.2, 0.25) is 0 Å². The molecule has 1 rings (SSSR count). The van der Waals surface area contributed by atoms with Gasteiger partial charge >= 0.3 is 5.97 Å². The molecule has 1 fully saturated rings. The van der Waals surface area contributed by atoms with Gasteiger partial charge in [0.2, 0.25) is 0 Å². The first kappa shape index (κ1) is 9.56. The molecule has 1 aliphatic carbocycles. The van der Waals surface area contributed by atoms with E-state index in [1.54, 1.807) is 0 Å². The van der Waals surface area contributed by atoms with Crippen molar-refractivity contribution in [3.05, 3.63) is 0 Å². The number of carboxylic acid groups (broad SMARTS) is 1. The van der Waals surface area contributed by atoms with Gasteiger partial charge in [0.1, 0.15) is 0 Å². The fraction of sp³-hybridized carbons (Fsp3) is 0.900. The summed E-state index contributed by atoms with van der Waals surface area (Å²) in [5.41, 5.74) is 0. The summed E-state index contributed by atoms with van der Waals surface area (Å²) in [4.78, 5) is 10.3. The van der Waals surface area contributed by atoms with Gasteiger partial charge < -0.3 is 5.11 Å². The largest absolute Gasteiger partial charge is 0.481 e. The molecule has 2 atom stereocenters. The molecular formula is C10H18O2. The molecule has 0 aromatic heterocycles. The Kier molecular flexibility index (Phi) is 3.57. The molecular weight excluding hydrogens is 152 g/mol. The van der Waals surface area contributed by atoms with E-state index < -0.39 is 5.97 Å². The number of unbranched alkanes of at least 4 members (excludes halogenated alkanes) is 2. The van der Waals surface area contributed by atoms with E-state index in [1.165, 1.54) is 25.7 Å². The van der Waals surface area contributed by atoms with Crippen molar-refractivity contribution in [1.29, 1.82) is 0 Å². The third-order valence-electron chi connectivity index (χ3n) is 2.68. The predicted molar refractivity (Wildman–Crippen MR) is 48.0 cm³/mol. The molecule has 1 saturated carbocycles. The van der Waals surface area contributed by atoms with Gasteiger partial charge in [0.05, 0.1) is 0 Å². The monoisotopic (exact) mass is 170 g/mol. The lowest BCUT2D eigenvalue weighted by atomic mass is 10.1. The van der Waals surface area contributed by atoms with Crippen LogP contribution in [0.3, 0.4) is 0 Å². The second-order valence-corrected chi connectivity index (χ2v) is 3.85. The zero-order valence-electron chi connectivity index (χ0n) is 7.75. The van der Waals surface area contributed by atoms with E-state index in [4.69, 9.17) is 5.11 Å². The van der Waals surface area contributed by atoms with Crippen molar-refractivity contribution in [2.24, 2.45) is 11.8 Å². The molecule has 0 heterocycles. The van der Waals surface area contributed by atoms with Crippen LogP contribution in [0.5, 0.6) is 0 Å². The Hall–Kier alpha value is -0.530. The molecule has 0 amide bonds. The number of hydrogen-bond donors (Lipinski definition) is 1. The average Bonchev–Trinajstić information content (AvgIpc) is 2.67. The Morgan fingerprint density at radius 2 is 2.17 bits per heavy atom. The maximum Gasteiger partial charge on any atom is 0.303 e. The van der Waals surface area contributed by atoms with Crippen LogP contribution < -0.4 is 0 Å². The molecule has 0 radical (unpaired) electrons. The van der Waals surface area contributed by atoms with Gasteiger partial charge in [0.15, 0.2) is 0 Å². The zero-order valence-corrected chi connectivity index (χ0v) is 7.75. The molecule has 70 valence electrons. The minimum Gasteiger partial charge on any atom is -0.481 e. The van der Waals surface area contributed by atoms with Crippen molar-refractivity contribution in [1.82, 2.24) is 0 Å². The topological polar surface area (TPSA) is 37.3 Å². The molecule has 1 aliphatic rings. The van der Waals surface area contributed by atoms with Crippen LogP contribution in [0.4, 0.5) is 0 Å². The van der Waals surface area contributed by atoms with Crippen LogP contribution >= 0.6 is 0 Å². The van der Waals surface area contributed by atoms with E-state index in [0.717, 1.165) is 12.3 Å². The SMILES string of the molecule is CCCCC[C@H]1C[C@H]1CC(=O)O. The van der Waals surface area contributed by atoms with Crippen molar-refractivity contribution >= 4 is 5.97 Å². The Morgan fingerprint density at radius 1 is 1.42 bits per heavy atom. The Balaban J connectivity index is 1.97. The zero-order chi connectivity index (χ0) is 8.97. The first-order valence-electron chi connectivity index (χ1n) is 4.95. The smallest absolute Gasteiger partial charge is 0.303 e. The molecule has 0 saturated heterocycles. The molecule has 0 spiro atoms. The van der Waals surface area contributed by atoms with Crippen LogP contribution in [-0.2, 0) is 4.79 Å². The van der Waals surface area contributed by atoms with Crippen molar-refractivity contribution in [3.63, 3.8) is 0 Å². The lowest BCUT2D eigenvalue weighted by Gasteiger charge is -1.96. The highest BCUT2D eigenvalue weighted by atomic mass is 16.4. The molecule has 0 aliphatic heterocycles. The van der Waals surface area contributed by atoms with Crippen molar-refractivity contribution in [2.75, 3.05) is 0 Å². The fourth-order valence-corrected chi connectivity index (χ4v) is 1.79. The summed E-state index contributed by atoms with van der Waals surface area (Å²) < 4.78 is 0. The van der Waals surface area contributed by atoms with Gasteiger partial charge in [-0.25, -0.2) is 0 Å². The van der Waals surface area contributed by atoms with E-state index in [9.17, 15) is 4.79 Å². The minimum atomic E-state index is -0.627. The molecule has 0 bridgehead atoms. The summed E-state index contributed by atoms with van der Waals surface area (Å²) in [5, 5.41) is 8.51. The van der Waals surface area contributed by atoms with Crippen LogP contribution in [-0.4, -0.2) is 11.1 Å². The number of hydrogen-bond acceptors (Lipinski definition) is 1. The van der Waals surface area contributed by atoms with E-state index in [2.05, 4.69) is 6.92 Å². The van der Waals surface area contributed by atoms with E-state index >= 15 is 0 Å². The first-order valence-corrected chi connectivity index (χ1v) is 4.95. The van der Waals surface area contributed by atoms with E-state index in [0.29, 0.717) is 12.3 Å². The first-order chi connectivity index (χ1) is 5.74. The van der Waals surface area contributed by atoms with Crippen LogP contribution in [0.15, 0.2) is 0 Å². The third-order valence-corrected chi connectivity index (χ3v) is 2.68. The summed E-state index contributed by atoms with van der Waals surface area (Å²) in [6, 6.07) is 0. The fourth-order valence-electron chi connectivity index (χ4n) is 1.79. The summed E-state index contributed by atoms with van der Waals surface area (Å²) in [5.74, 6) is 0.630. The maximum absolute atomic E-state index is 10.3. The normalized spacial score (nSPS) is 27.1. The molecule has 0 aromatic carbocycles. The second kappa shape index (κ2) is 4.48. The Labute approximate surface area is 74.0 Å². The summed E-state index contributed by atoms with van der Waals surface area (Å²) in [6.45, 7) is 2.20. The maximum atomic E-state index is 10.3. The van der Waals surface area contributed by atoms with Gasteiger partial charge in [-0.05, 0) is 18.3 Å². The van der Waals surface area contributed by atoms with Gasteiger partial charge in [0, 0.05) is 6.42 Å². The van der Waals surface area contributed by atoms with Crippen molar-refractivity contribution in [3.8, 4) is 0 Å². The molecule has 2 nitrogen and oxygen atoms in total.